The minimum absolute atomic E-state index is 0.468. The van der Waals surface area contributed by atoms with Gasteiger partial charge in [-0.15, -0.1) is 0 Å². The topological polar surface area (TPSA) is 23.5 Å². The summed E-state index contributed by atoms with van der Waals surface area (Å²) in [7, 11) is 0. The Morgan fingerprint density at radius 2 is 1.73 bits per heavy atom. The Hall–Kier alpha value is -1.06. The molecule has 2 nitrogen and oxygen atoms in total. The number of halogens is 2. The Kier molecular flexibility index (Phi) is 6.63. The highest BCUT2D eigenvalue weighted by atomic mass is 35.5. The van der Waals surface area contributed by atoms with Gasteiger partial charge in [0.25, 0.3) is 0 Å². The van der Waals surface area contributed by atoms with Gasteiger partial charge in [0.15, 0.2) is 0 Å². The van der Waals surface area contributed by atoms with Crippen LogP contribution >= 0.6 is 23.2 Å². The molecular formula is C22H27Cl2NO. The van der Waals surface area contributed by atoms with Crippen molar-refractivity contribution >= 4 is 23.2 Å². The van der Waals surface area contributed by atoms with Crippen molar-refractivity contribution < 1.29 is 5.11 Å². The van der Waals surface area contributed by atoms with Gasteiger partial charge >= 0.3 is 0 Å². The predicted molar refractivity (Wildman–Crippen MR) is 110 cm³/mol. The van der Waals surface area contributed by atoms with Crippen LogP contribution in [0.15, 0.2) is 48.5 Å². The molecule has 1 unspecified atom stereocenters. The summed E-state index contributed by atoms with van der Waals surface area (Å²) in [5.74, 6) is 0.468. The van der Waals surface area contributed by atoms with Crippen LogP contribution in [0.5, 0.6) is 0 Å². The van der Waals surface area contributed by atoms with Gasteiger partial charge in [-0.3, -0.25) is 0 Å². The van der Waals surface area contributed by atoms with E-state index in [1.54, 1.807) is 0 Å². The molecule has 1 atom stereocenters. The molecule has 26 heavy (non-hydrogen) atoms. The standard InChI is InChI=1S/C22H27Cl2NO/c1-17(18-9-10-20(23)21(24)16-18)6-5-13-25-14-11-22(26,12-15-25)19-7-3-2-4-8-19/h2-4,7-10,16-17,26H,5-6,11-15H2,1H3. The molecule has 2 aromatic rings. The third-order valence-corrected chi connectivity index (χ3v) is 6.36. The van der Waals surface area contributed by atoms with Gasteiger partial charge in [0.05, 0.1) is 15.6 Å². The quantitative estimate of drug-likeness (QED) is 0.666. The van der Waals surface area contributed by atoms with Gasteiger partial charge in [0.2, 0.25) is 0 Å². The van der Waals surface area contributed by atoms with Crippen molar-refractivity contribution in [1.29, 1.82) is 0 Å². The van der Waals surface area contributed by atoms with Crippen molar-refractivity contribution in [3.63, 3.8) is 0 Å². The zero-order chi connectivity index (χ0) is 18.6. The number of aliphatic hydroxyl groups is 1. The van der Waals surface area contributed by atoms with E-state index in [4.69, 9.17) is 23.2 Å². The second-order valence-electron chi connectivity index (χ2n) is 7.46. The summed E-state index contributed by atoms with van der Waals surface area (Å²) in [6.45, 7) is 5.22. The average Bonchev–Trinajstić information content (AvgIpc) is 2.66. The summed E-state index contributed by atoms with van der Waals surface area (Å²) in [5, 5.41) is 12.2. The van der Waals surface area contributed by atoms with Gasteiger partial charge in [-0.05, 0) is 61.4 Å². The zero-order valence-corrected chi connectivity index (χ0v) is 16.8. The van der Waals surface area contributed by atoms with E-state index in [1.807, 2.05) is 42.5 Å². The lowest BCUT2D eigenvalue weighted by Gasteiger charge is -2.38. The number of piperidine rings is 1. The van der Waals surface area contributed by atoms with Gasteiger partial charge in [0.1, 0.15) is 0 Å². The molecular weight excluding hydrogens is 365 g/mol. The molecule has 0 aliphatic carbocycles. The van der Waals surface area contributed by atoms with Crippen LogP contribution in [0, 0.1) is 0 Å². The number of hydrogen-bond acceptors (Lipinski definition) is 2. The normalized spacial score (nSPS) is 18.6. The molecule has 0 aromatic heterocycles. The Balaban J connectivity index is 1.44. The Labute approximate surface area is 166 Å². The van der Waals surface area contributed by atoms with E-state index in [-0.39, 0.29) is 0 Å². The fourth-order valence-electron chi connectivity index (χ4n) is 3.79. The smallest absolute Gasteiger partial charge is 0.0920 e. The largest absolute Gasteiger partial charge is 0.385 e. The van der Waals surface area contributed by atoms with Crippen LogP contribution in [-0.4, -0.2) is 29.6 Å². The third kappa shape index (κ3) is 4.80. The van der Waals surface area contributed by atoms with E-state index in [1.165, 1.54) is 5.56 Å². The maximum atomic E-state index is 10.9. The van der Waals surface area contributed by atoms with E-state index >= 15 is 0 Å². The van der Waals surface area contributed by atoms with Crippen molar-refractivity contribution in [1.82, 2.24) is 4.90 Å². The second kappa shape index (κ2) is 8.75. The number of benzene rings is 2. The van der Waals surface area contributed by atoms with Crippen molar-refractivity contribution in [3.8, 4) is 0 Å². The monoisotopic (exact) mass is 391 g/mol. The van der Waals surface area contributed by atoms with Crippen molar-refractivity contribution in [3.05, 3.63) is 69.7 Å². The highest BCUT2D eigenvalue weighted by Crippen LogP contribution is 2.33. The summed E-state index contributed by atoms with van der Waals surface area (Å²) in [4.78, 5) is 2.47. The van der Waals surface area contributed by atoms with Crippen molar-refractivity contribution in [2.45, 2.75) is 44.1 Å². The molecule has 1 N–H and O–H groups in total. The van der Waals surface area contributed by atoms with E-state index < -0.39 is 5.60 Å². The first-order valence-corrected chi connectivity index (χ1v) is 10.2. The summed E-state index contributed by atoms with van der Waals surface area (Å²) >= 11 is 12.1. The lowest BCUT2D eigenvalue weighted by atomic mass is 9.84. The van der Waals surface area contributed by atoms with Crippen LogP contribution in [0.1, 0.15) is 49.7 Å². The van der Waals surface area contributed by atoms with E-state index in [2.05, 4.69) is 17.9 Å². The van der Waals surface area contributed by atoms with Crippen molar-refractivity contribution in [2.24, 2.45) is 0 Å². The Bertz CT molecular complexity index is 711. The molecule has 0 spiro atoms. The first-order chi connectivity index (χ1) is 12.5. The number of hydrogen-bond donors (Lipinski definition) is 1. The highest BCUT2D eigenvalue weighted by molar-refractivity contribution is 6.42. The van der Waals surface area contributed by atoms with E-state index in [9.17, 15) is 5.11 Å². The molecule has 1 aliphatic heterocycles. The van der Waals surface area contributed by atoms with Crippen LogP contribution in [0.25, 0.3) is 0 Å². The molecule has 0 amide bonds. The van der Waals surface area contributed by atoms with Crippen LogP contribution < -0.4 is 0 Å². The molecule has 0 radical (unpaired) electrons. The minimum atomic E-state index is -0.662. The van der Waals surface area contributed by atoms with Crippen molar-refractivity contribution in [2.75, 3.05) is 19.6 Å². The fourth-order valence-corrected chi connectivity index (χ4v) is 4.10. The molecule has 4 heteroatoms. The molecule has 1 heterocycles. The first-order valence-electron chi connectivity index (χ1n) is 9.43. The van der Waals surface area contributed by atoms with Crippen LogP contribution in [0.2, 0.25) is 10.0 Å². The van der Waals surface area contributed by atoms with Crippen LogP contribution in [-0.2, 0) is 5.60 Å². The highest BCUT2D eigenvalue weighted by Gasteiger charge is 2.33. The maximum absolute atomic E-state index is 10.9. The summed E-state index contributed by atoms with van der Waals surface area (Å²) in [5.41, 5.74) is 1.63. The second-order valence-corrected chi connectivity index (χ2v) is 8.27. The Morgan fingerprint density at radius 3 is 2.38 bits per heavy atom. The van der Waals surface area contributed by atoms with Gasteiger partial charge in [-0.25, -0.2) is 0 Å². The number of likely N-dealkylation sites (tertiary alicyclic amines) is 1. The summed E-state index contributed by atoms with van der Waals surface area (Å²) in [6, 6.07) is 16.0. The molecule has 140 valence electrons. The predicted octanol–water partition coefficient (Wildman–Crippen LogP) is 5.86. The fraction of sp³-hybridized carbons (Fsp3) is 0.455. The van der Waals surface area contributed by atoms with Crippen LogP contribution in [0.4, 0.5) is 0 Å². The molecule has 3 rings (SSSR count). The maximum Gasteiger partial charge on any atom is 0.0920 e. The van der Waals surface area contributed by atoms with Gasteiger partial charge in [-0.1, -0.05) is 66.5 Å². The molecule has 1 saturated heterocycles. The first kappa shape index (κ1) is 19.7. The zero-order valence-electron chi connectivity index (χ0n) is 15.3. The SMILES string of the molecule is CC(CCCN1CCC(O)(c2ccccc2)CC1)c1ccc(Cl)c(Cl)c1. The lowest BCUT2D eigenvalue weighted by molar-refractivity contribution is -0.0261. The van der Waals surface area contributed by atoms with Crippen LogP contribution in [0.3, 0.4) is 0 Å². The van der Waals surface area contributed by atoms with Gasteiger partial charge in [-0.2, -0.15) is 0 Å². The number of rotatable bonds is 6. The van der Waals surface area contributed by atoms with E-state index in [0.29, 0.717) is 16.0 Å². The lowest BCUT2D eigenvalue weighted by Crippen LogP contribution is -2.42. The minimum Gasteiger partial charge on any atom is -0.385 e. The van der Waals surface area contributed by atoms with Gasteiger partial charge in [0, 0.05) is 13.1 Å². The number of nitrogens with zero attached hydrogens (tertiary/aromatic N) is 1. The summed E-state index contributed by atoms with van der Waals surface area (Å²) < 4.78 is 0. The molecule has 0 saturated carbocycles. The van der Waals surface area contributed by atoms with E-state index in [0.717, 1.165) is 50.9 Å². The molecule has 2 aromatic carbocycles. The summed E-state index contributed by atoms with van der Waals surface area (Å²) in [6.07, 6.45) is 3.88. The molecule has 1 aliphatic rings. The average molecular weight is 392 g/mol. The molecule has 0 bridgehead atoms. The Morgan fingerprint density at radius 1 is 1.04 bits per heavy atom. The molecule has 1 fully saturated rings. The van der Waals surface area contributed by atoms with Gasteiger partial charge < -0.3 is 10.0 Å². The third-order valence-electron chi connectivity index (χ3n) is 5.62.